The highest BCUT2D eigenvalue weighted by molar-refractivity contribution is 14.1. The Bertz CT molecular complexity index is 320. The van der Waals surface area contributed by atoms with Crippen molar-refractivity contribution >= 4 is 28.6 Å². The van der Waals surface area contributed by atoms with Gasteiger partial charge in [-0.05, 0) is 23.5 Å². The van der Waals surface area contributed by atoms with Gasteiger partial charge >= 0.3 is 0 Å². The first-order chi connectivity index (χ1) is 6.11. The maximum atomic E-state index is 2.40. The van der Waals surface area contributed by atoms with Crippen LogP contribution in [0.2, 0.25) is 0 Å². The van der Waals surface area contributed by atoms with E-state index in [9.17, 15) is 0 Å². The second-order valence-corrected chi connectivity index (χ2v) is 5.40. The van der Waals surface area contributed by atoms with Crippen LogP contribution in [0, 0.1) is 0 Å². The summed E-state index contributed by atoms with van der Waals surface area (Å²) in [5.74, 6) is 0. The van der Waals surface area contributed by atoms with Gasteiger partial charge in [0.05, 0.1) is 22.9 Å². The third-order valence-corrected chi connectivity index (χ3v) is 3.83. The fourth-order valence-corrected chi connectivity index (χ4v) is 2.55. The van der Waals surface area contributed by atoms with Gasteiger partial charge < -0.3 is 3.11 Å². The summed E-state index contributed by atoms with van der Waals surface area (Å²) in [7, 11) is 0. The maximum absolute atomic E-state index is 2.40. The van der Waals surface area contributed by atoms with Crippen LogP contribution in [0.4, 0.5) is 5.69 Å². The van der Waals surface area contributed by atoms with Crippen molar-refractivity contribution < 1.29 is 0 Å². The van der Waals surface area contributed by atoms with Crippen molar-refractivity contribution in [3.63, 3.8) is 0 Å². The molecule has 2 rings (SSSR count). The third-order valence-electron chi connectivity index (χ3n) is 2.83. The zero-order valence-corrected chi connectivity index (χ0v) is 10.2. The Balaban J connectivity index is 2.55. The van der Waals surface area contributed by atoms with Crippen LogP contribution in [0.15, 0.2) is 24.3 Å². The Kier molecular flexibility index (Phi) is 2.26. The molecule has 0 saturated heterocycles. The SMILES string of the molecule is CC1(C)CCN(I)c2ccccc21. The van der Waals surface area contributed by atoms with Crippen LogP contribution >= 0.6 is 22.9 Å². The van der Waals surface area contributed by atoms with E-state index in [1.807, 2.05) is 0 Å². The summed E-state index contributed by atoms with van der Waals surface area (Å²) in [6.07, 6.45) is 1.24. The molecule has 70 valence electrons. The molecule has 0 amide bonds. The van der Waals surface area contributed by atoms with Crippen LogP contribution in [0.5, 0.6) is 0 Å². The molecule has 1 nitrogen and oxygen atoms in total. The molecule has 1 aromatic carbocycles. The number of hydrogen-bond acceptors (Lipinski definition) is 1. The van der Waals surface area contributed by atoms with E-state index in [2.05, 4.69) is 64.1 Å². The molecule has 0 unspecified atom stereocenters. The van der Waals surface area contributed by atoms with Crippen LogP contribution in [-0.2, 0) is 5.41 Å². The number of hydrogen-bond donors (Lipinski definition) is 0. The minimum absolute atomic E-state index is 0.346. The topological polar surface area (TPSA) is 3.24 Å². The summed E-state index contributed by atoms with van der Waals surface area (Å²) in [6, 6.07) is 8.71. The van der Waals surface area contributed by atoms with Crippen LogP contribution in [0.3, 0.4) is 0 Å². The molecular formula is C11H14IN. The summed E-state index contributed by atoms with van der Waals surface area (Å²) in [6.45, 7) is 5.82. The van der Waals surface area contributed by atoms with Gasteiger partial charge in [-0.25, -0.2) is 0 Å². The lowest BCUT2D eigenvalue weighted by Crippen LogP contribution is -2.31. The maximum Gasteiger partial charge on any atom is 0.0591 e. The van der Waals surface area contributed by atoms with Crippen molar-refractivity contribution in [1.29, 1.82) is 0 Å². The van der Waals surface area contributed by atoms with E-state index < -0.39 is 0 Å². The standard InChI is InChI=1S/C11H14IN/c1-11(2)7-8-13(12)10-6-4-3-5-9(10)11/h3-6H,7-8H2,1-2H3. The van der Waals surface area contributed by atoms with E-state index in [0.717, 1.165) is 6.54 Å². The average Bonchev–Trinajstić information content (AvgIpc) is 2.13. The molecule has 0 spiro atoms. The van der Waals surface area contributed by atoms with E-state index in [0.29, 0.717) is 5.41 Å². The lowest BCUT2D eigenvalue weighted by atomic mass is 9.78. The predicted molar refractivity (Wildman–Crippen MR) is 65.5 cm³/mol. The van der Waals surface area contributed by atoms with E-state index >= 15 is 0 Å². The molecule has 0 N–H and O–H groups in total. The first-order valence-corrected chi connectivity index (χ1v) is 5.60. The minimum Gasteiger partial charge on any atom is -0.314 e. The molecule has 0 aromatic heterocycles. The summed E-state index contributed by atoms with van der Waals surface area (Å²) in [5, 5.41) is 0. The molecule has 1 heterocycles. The lowest BCUT2D eigenvalue weighted by Gasteiger charge is -2.36. The molecule has 0 aliphatic carbocycles. The molecule has 13 heavy (non-hydrogen) atoms. The molecule has 2 heteroatoms. The molecule has 1 aromatic rings. The first kappa shape index (κ1) is 9.31. The molecule has 0 fully saturated rings. The largest absolute Gasteiger partial charge is 0.314 e. The fraction of sp³-hybridized carbons (Fsp3) is 0.455. The Morgan fingerprint density at radius 2 is 2.00 bits per heavy atom. The monoisotopic (exact) mass is 287 g/mol. The molecular weight excluding hydrogens is 273 g/mol. The zero-order valence-electron chi connectivity index (χ0n) is 8.05. The van der Waals surface area contributed by atoms with Gasteiger partial charge in [0.25, 0.3) is 0 Å². The van der Waals surface area contributed by atoms with Gasteiger partial charge in [-0.15, -0.1) is 0 Å². The number of rotatable bonds is 0. The second-order valence-electron chi connectivity index (χ2n) is 4.24. The molecule has 0 atom stereocenters. The Morgan fingerprint density at radius 1 is 1.31 bits per heavy atom. The van der Waals surface area contributed by atoms with Gasteiger partial charge in [0.15, 0.2) is 0 Å². The van der Waals surface area contributed by atoms with Crippen LogP contribution in [-0.4, -0.2) is 6.54 Å². The number of nitrogens with zero attached hydrogens (tertiary/aromatic N) is 1. The van der Waals surface area contributed by atoms with E-state index in [1.165, 1.54) is 17.7 Å². The van der Waals surface area contributed by atoms with Gasteiger partial charge in [-0.3, -0.25) is 0 Å². The molecule has 0 saturated carbocycles. The summed E-state index contributed by atoms with van der Waals surface area (Å²) < 4.78 is 2.32. The Morgan fingerprint density at radius 3 is 2.69 bits per heavy atom. The van der Waals surface area contributed by atoms with Gasteiger partial charge in [0.2, 0.25) is 0 Å². The lowest BCUT2D eigenvalue weighted by molar-refractivity contribution is 0.475. The summed E-state index contributed by atoms with van der Waals surface area (Å²) in [5.41, 5.74) is 3.22. The van der Waals surface area contributed by atoms with E-state index in [1.54, 1.807) is 0 Å². The van der Waals surface area contributed by atoms with Crippen molar-refractivity contribution in [1.82, 2.24) is 0 Å². The molecule has 1 aliphatic heterocycles. The van der Waals surface area contributed by atoms with Crippen LogP contribution in [0.25, 0.3) is 0 Å². The second kappa shape index (κ2) is 3.15. The number of halogens is 1. The molecule has 0 bridgehead atoms. The van der Waals surface area contributed by atoms with Crippen molar-refractivity contribution in [3.8, 4) is 0 Å². The number of para-hydroxylation sites is 1. The normalized spacial score (nSPS) is 19.8. The first-order valence-electron chi connectivity index (χ1n) is 4.64. The van der Waals surface area contributed by atoms with E-state index in [4.69, 9.17) is 0 Å². The summed E-state index contributed by atoms with van der Waals surface area (Å²) in [4.78, 5) is 0. The van der Waals surface area contributed by atoms with E-state index in [-0.39, 0.29) is 0 Å². The Hall–Kier alpha value is -0.250. The average molecular weight is 287 g/mol. The van der Waals surface area contributed by atoms with Crippen LogP contribution in [0.1, 0.15) is 25.8 Å². The minimum atomic E-state index is 0.346. The summed E-state index contributed by atoms with van der Waals surface area (Å²) >= 11 is 2.40. The van der Waals surface area contributed by atoms with Gasteiger partial charge in [0, 0.05) is 12.2 Å². The van der Waals surface area contributed by atoms with Gasteiger partial charge in [0.1, 0.15) is 0 Å². The third kappa shape index (κ3) is 1.56. The van der Waals surface area contributed by atoms with Crippen LogP contribution < -0.4 is 3.11 Å². The zero-order chi connectivity index (χ0) is 9.47. The highest BCUT2D eigenvalue weighted by atomic mass is 127. The quantitative estimate of drug-likeness (QED) is 0.521. The van der Waals surface area contributed by atoms with Crippen molar-refractivity contribution in [2.75, 3.05) is 9.66 Å². The van der Waals surface area contributed by atoms with Gasteiger partial charge in [-0.1, -0.05) is 32.0 Å². The number of benzene rings is 1. The van der Waals surface area contributed by atoms with Crippen molar-refractivity contribution in [2.45, 2.75) is 25.7 Å². The number of anilines is 1. The van der Waals surface area contributed by atoms with Crippen molar-refractivity contribution in [2.24, 2.45) is 0 Å². The van der Waals surface area contributed by atoms with Gasteiger partial charge in [-0.2, -0.15) is 0 Å². The molecule has 0 radical (unpaired) electrons. The smallest absolute Gasteiger partial charge is 0.0591 e. The number of fused-ring (bicyclic) bond motifs is 1. The predicted octanol–water partition coefficient (Wildman–Crippen LogP) is 3.52. The Labute approximate surface area is 93.6 Å². The highest BCUT2D eigenvalue weighted by Gasteiger charge is 2.29. The highest BCUT2D eigenvalue weighted by Crippen LogP contribution is 2.40. The fourth-order valence-electron chi connectivity index (χ4n) is 1.89. The van der Waals surface area contributed by atoms with Crippen molar-refractivity contribution in [3.05, 3.63) is 29.8 Å². The molecule has 1 aliphatic rings.